The first-order chi connectivity index (χ1) is 24.1. The lowest BCUT2D eigenvalue weighted by Gasteiger charge is -2.33. The van der Waals surface area contributed by atoms with Crippen LogP contribution in [-0.4, -0.2) is 83.9 Å². The van der Waals surface area contributed by atoms with Crippen molar-refractivity contribution in [2.24, 2.45) is 11.8 Å². The molecule has 0 saturated heterocycles. The van der Waals surface area contributed by atoms with Crippen LogP contribution in [0.25, 0.3) is 11.3 Å². The number of pyridine rings is 1. The minimum atomic E-state index is -1.20. The molecule has 0 aliphatic carbocycles. The standard InChI is InChI=1S/C37H48N6O7/c1-6-25(2)33(40-37(48)49-4)35(46)39-31(22-27-12-8-7-9-13-27)32(45)24-43(41-36(47)34(42-50-5)26(3)19-21-44)23-28-15-17-29(18-16-28)30-14-10-11-20-38-30/h7-20,25-26,31-34,42,45H,6,22-24H2,1-5H3,(H,39,46)(H,40,48)(H,41,47)/t25-,26?,31-,32-,33-,34-/m0/s1. The van der Waals surface area contributed by atoms with Gasteiger partial charge in [0, 0.05) is 36.8 Å². The normalized spacial score (nSPS) is 14.6. The zero-order valence-electron chi connectivity index (χ0n) is 29.2. The number of carbonyl (C=O) groups excluding carboxylic acids is 4. The molecule has 0 saturated carbocycles. The number of aliphatic hydroxyl groups excluding tert-OH is 1. The van der Waals surface area contributed by atoms with Gasteiger partial charge < -0.3 is 25.3 Å². The van der Waals surface area contributed by atoms with Crippen LogP contribution in [0.5, 0.6) is 0 Å². The van der Waals surface area contributed by atoms with E-state index in [1.54, 1.807) is 24.1 Å². The van der Waals surface area contributed by atoms with E-state index >= 15 is 0 Å². The number of carbonyl (C=O) groups is 3. The maximum Gasteiger partial charge on any atom is 0.407 e. The maximum absolute atomic E-state index is 13.7. The molecule has 2 aromatic carbocycles. The molecule has 0 radical (unpaired) electrons. The molecular formula is C37H48N6O7. The average molecular weight is 689 g/mol. The molecule has 0 bridgehead atoms. The van der Waals surface area contributed by atoms with E-state index in [1.807, 2.05) is 86.6 Å². The second kappa shape index (κ2) is 20.6. The number of benzene rings is 2. The predicted molar refractivity (Wildman–Crippen MR) is 188 cm³/mol. The lowest BCUT2D eigenvalue weighted by molar-refractivity contribution is -0.134. The van der Waals surface area contributed by atoms with E-state index in [0.717, 1.165) is 22.4 Å². The summed E-state index contributed by atoms with van der Waals surface area (Å²) in [5.74, 6) is -0.107. The van der Waals surface area contributed by atoms with Gasteiger partial charge in [-0.1, -0.05) is 87.9 Å². The maximum atomic E-state index is 13.7. The van der Waals surface area contributed by atoms with Crippen LogP contribution in [0.2, 0.25) is 0 Å². The number of amides is 3. The van der Waals surface area contributed by atoms with Crippen LogP contribution in [0.15, 0.2) is 85.1 Å². The number of hydrazine groups is 1. The van der Waals surface area contributed by atoms with Crippen molar-refractivity contribution >= 4 is 23.8 Å². The van der Waals surface area contributed by atoms with E-state index in [4.69, 9.17) is 9.57 Å². The van der Waals surface area contributed by atoms with Gasteiger partial charge in [0.05, 0.1) is 32.1 Å². The van der Waals surface area contributed by atoms with Crippen molar-refractivity contribution in [2.75, 3.05) is 20.8 Å². The van der Waals surface area contributed by atoms with Crippen molar-refractivity contribution in [3.05, 3.63) is 96.2 Å². The van der Waals surface area contributed by atoms with E-state index in [-0.39, 0.29) is 25.4 Å². The van der Waals surface area contributed by atoms with Gasteiger partial charge >= 0.3 is 6.09 Å². The molecule has 3 amide bonds. The van der Waals surface area contributed by atoms with Gasteiger partial charge in [0.15, 0.2) is 0 Å². The van der Waals surface area contributed by atoms with Gasteiger partial charge in [-0.05, 0) is 35.6 Å². The Labute approximate surface area is 293 Å². The monoisotopic (exact) mass is 688 g/mol. The summed E-state index contributed by atoms with van der Waals surface area (Å²) >= 11 is 0. The molecule has 0 fully saturated rings. The van der Waals surface area contributed by atoms with Crippen molar-refractivity contribution in [2.45, 2.75) is 64.4 Å². The first kappa shape index (κ1) is 39.5. The Bertz CT molecular complexity index is 1540. The number of aromatic nitrogens is 1. The quantitative estimate of drug-likeness (QED) is 0.0932. The van der Waals surface area contributed by atoms with Crippen molar-refractivity contribution in [1.29, 1.82) is 0 Å². The molecule has 5 N–H and O–H groups in total. The molecule has 50 heavy (non-hydrogen) atoms. The SMILES string of the molecule is CC[C@H](C)[C@H](NC(=O)OC)C(=O)N[C@@H](Cc1ccccc1)[C@@H](O)CN(Cc1ccc(-c2ccccn2)cc1)NC(=O)[C@@H](NOC)C(C)C=C=O. The van der Waals surface area contributed by atoms with Crippen molar-refractivity contribution in [3.63, 3.8) is 0 Å². The van der Waals surface area contributed by atoms with Gasteiger partial charge in [-0.3, -0.25) is 20.0 Å². The molecule has 1 heterocycles. The first-order valence-corrected chi connectivity index (χ1v) is 16.5. The average Bonchev–Trinajstić information content (AvgIpc) is 3.13. The van der Waals surface area contributed by atoms with Crippen LogP contribution in [0.4, 0.5) is 4.79 Å². The number of methoxy groups -OCH3 is 1. The summed E-state index contributed by atoms with van der Waals surface area (Å²) in [4.78, 5) is 59.9. The summed E-state index contributed by atoms with van der Waals surface area (Å²) in [5.41, 5.74) is 8.88. The van der Waals surface area contributed by atoms with Crippen molar-refractivity contribution < 1.29 is 33.9 Å². The third kappa shape index (κ3) is 12.2. The Morgan fingerprint density at radius 3 is 2.22 bits per heavy atom. The van der Waals surface area contributed by atoms with Crippen LogP contribution in [0.3, 0.4) is 0 Å². The van der Waals surface area contributed by atoms with Gasteiger partial charge in [-0.2, -0.15) is 5.48 Å². The fourth-order valence-electron chi connectivity index (χ4n) is 5.30. The van der Waals surface area contributed by atoms with E-state index in [1.165, 1.54) is 20.3 Å². The van der Waals surface area contributed by atoms with Gasteiger partial charge in [0.1, 0.15) is 18.0 Å². The second-order valence-electron chi connectivity index (χ2n) is 12.1. The van der Waals surface area contributed by atoms with Gasteiger partial charge in [0.25, 0.3) is 5.91 Å². The lowest BCUT2D eigenvalue weighted by atomic mass is 9.96. The zero-order valence-corrected chi connectivity index (χ0v) is 29.2. The summed E-state index contributed by atoms with van der Waals surface area (Å²) in [6.45, 7) is 5.47. The summed E-state index contributed by atoms with van der Waals surface area (Å²) in [6.07, 6.45) is 1.84. The number of hydrogen-bond acceptors (Lipinski definition) is 10. The molecule has 0 spiro atoms. The molecule has 3 rings (SSSR count). The highest BCUT2D eigenvalue weighted by Crippen LogP contribution is 2.18. The van der Waals surface area contributed by atoms with Crippen molar-refractivity contribution in [3.8, 4) is 11.3 Å². The Balaban J connectivity index is 1.93. The molecular weight excluding hydrogens is 640 g/mol. The molecule has 13 heteroatoms. The number of nitrogens with one attached hydrogen (secondary N) is 4. The molecule has 6 atom stereocenters. The first-order valence-electron chi connectivity index (χ1n) is 16.5. The third-order valence-corrected chi connectivity index (χ3v) is 8.39. The number of ether oxygens (including phenoxy) is 1. The van der Waals surface area contributed by atoms with E-state index in [9.17, 15) is 24.3 Å². The Morgan fingerprint density at radius 1 is 0.920 bits per heavy atom. The largest absolute Gasteiger partial charge is 0.453 e. The molecule has 0 aliphatic rings. The topological polar surface area (TPSA) is 171 Å². The Hall–Kier alpha value is -4.91. The number of rotatable bonds is 19. The van der Waals surface area contributed by atoms with E-state index < -0.39 is 48.1 Å². The Kier molecular flexibility index (Phi) is 16.3. The predicted octanol–water partition coefficient (Wildman–Crippen LogP) is 2.98. The Morgan fingerprint density at radius 2 is 1.62 bits per heavy atom. The highest BCUT2D eigenvalue weighted by atomic mass is 16.6. The summed E-state index contributed by atoms with van der Waals surface area (Å²) in [5, 5.41) is 18.9. The number of hydroxylamine groups is 1. The molecule has 1 unspecified atom stereocenters. The molecule has 3 aromatic rings. The number of aliphatic hydroxyl groups is 1. The van der Waals surface area contributed by atoms with Crippen LogP contribution < -0.4 is 21.5 Å². The molecule has 0 aliphatic heterocycles. The van der Waals surface area contributed by atoms with Gasteiger partial charge in [0.2, 0.25) is 5.91 Å². The van der Waals surface area contributed by atoms with Crippen molar-refractivity contribution in [1.82, 2.24) is 31.5 Å². The van der Waals surface area contributed by atoms with Crippen LogP contribution in [0, 0.1) is 11.8 Å². The van der Waals surface area contributed by atoms with Gasteiger partial charge in [-0.25, -0.2) is 14.6 Å². The number of hydrogen-bond donors (Lipinski definition) is 5. The third-order valence-electron chi connectivity index (χ3n) is 8.39. The zero-order chi connectivity index (χ0) is 36.5. The van der Waals surface area contributed by atoms with Gasteiger partial charge in [-0.15, -0.1) is 0 Å². The van der Waals surface area contributed by atoms with Crippen LogP contribution >= 0.6 is 0 Å². The van der Waals surface area contributed by atoms with E-state index in [2.05, 4.69) is 26.5 Å². The molecule has 1 aromatic heterocycles. The second-order valence-corrected chi connectivity index (χ2v) is 12.1. The highest BCUT2D eigenvalue weighted by molar-refractivity contribution is 5.86. The number of nitrogens with zero attached hydrogens (tertiary/aromatic N) is 2. The number of alkyl carbamates (subject to hydrolysis) is 1. The minimum Gasteiger partial charge on any atom is -0.453 e. The highest BCUT2D eigenvalue weighted by Gasteiger charge is 2.32. The summed E-state index contributed by atoms with van der Waals surface area (Å²) < 4.78 is 4.75. The fourth-order valence-corrected chi connectivity index (χ4v) is 5.30. The van der Waals surface area contributed by atoms with Crippen LogP contribution in [0.1, 0.15) is 38.3 Å². The summed E-state index contributed by atoms with van der Waals surface area (Å²) in [7, 11) is 2.58. The molecule has 268 valence electrons. The lowest BCUT2D eigenvalue weighted by Crippen LogP contribution is -2.59. The summed E-state index contributed by atoms with van der Waals surface area (Å²) in [6, 6.07) is 19.9. The molecule has 13 nitrogen and oxygen atoms in total. The smallest absolute Gasteiger partial charge is 0.407 e. The fraction of sp³-hybridized carbons (Fsp3) is 0.405. The van der Waals surface area contributed by atoms with Crippen LogP contribution in [-0.2, 0) is 36.9 Å². The van der Waals surface area contributed by atoms with E-state index in [0.29, 0.717) is 6.42 Å². The minimum absolute atomic E-state index is 0.110.